The topological polar surface area (TPSA) is 142 Å². The first-order valence-electron chi connectivity index (χ1n) is 12.8. The Labute approximate surface area is 228 Å². The van der Waals surface area contributed by atoms with Gasteiger partial charge in [0.1, 0.15) is 28.4 Å². The van der Waals surface area contributed by atoms with Gasteiger partial charge in [-0.15, -0.1) is 0 Å². The van der Waals surface area contributed by atoms with E-state index in [2.05, 4.69) is 30.9 Å². The zero-order valence-corrected chi connectivity index (χ0v) is 23.1. The molecule has 206 valence electrons. The molecule has 4 rings (SSSR count). The van der Waals surface area contributed by atoms with Crippen molar-refractivity contribution in [3.05, 3.63) is 65.0 Å². The number of ether oxygens (including phenoxy) is 1. The molecular weight excluding hydrogens is 498 g/mol. The quantitative estimate of drug-likeness (QED) is 0.343. The third-order valence-electron chi connectivity index (χ3n) is 5.83. The van der Waals surface area contributed by atoms with Crippen LogP contribution >= 0.6 is 0 Å². The van der Waals surface area contributed by atoms with Crippen LogP contribution in [0, 0.1) is 0 Å². The fourth-order valence-electron chi connectivity index (χ4n) is 3.98. The van der Waals surface area contributed by atoms with Crippen LogP contribution in [0.1, 0.15) is 68.7 Å². The first-order valence-corrected chi connectivity index (χ1v) is 12.8. The summed E-state index contributed by atoms with van der Waals surface area (Å²) in [5, 5.41) is 19.4. The molecular formula is C28H35N7O4. The standard InChI is InChI=1S/C28H35N7O4/c1-7-29-24(36)20-14-30-25(34-23(20)33-22-10-8-9-21(32-22)28(5,6)38)31-19-12-11-17-15-35(16-18(17)13-19)26(37)39-27(2,3)4/h8-14,38H,7,15-16H2,1-6H3,(H,29,36)(H2,30,31,32,33,34). The molecule has 0 aliphatic carbocycles. The van der Waals surface area contributed by atoms with Gasteiger partial charge in [0.05, 0.1) is 5.69 Å². The highest BCUT2D eigenvalue weighted by atomic mass is 16.6. The lowest BCUT2D eigenvalue weighted by Gasteiger charge is -2.24. The van der Waals surface area contributed by atoms with Crippen molar-refractivity contribution in [3.8, 4) is 0 Å². The van der Waals surface area contributed by atoms with Crippen molar-refractivity contribution < 1.29 is 19.4 Å². The minimum atomic E-state index is -1.13. The monoisotopic (exact) mass is 533 g/mol. The number of nitrogens with zero attached hydrogens (tertiary/aromatic N) is 4. The molecule has 1 aliphatic heterocycles. The zero-order chi connectivity index (χ0) is 28.4. The Kier molecular flexibility index (Phi) is 7.73. The van der Waals surface area contributed by atoms with Crippen LogP contribution in [0.15, 0.2) is 42.6 Å². The molecule has 0 atom stereocenters. The molecule has 0 saturated carbocycles. The molecule has 1 aromatic carbocycles. The van der Waals surface area contributed by atoms with Crippen LogP contribution < -0.4 is 16.0 Å². The van der Waals surface area contributed by atoms with Gasteiger partial charge in [0.15, 0.2) is 0 Å². The number of anilines is 4. The van der Waals surface area contributed by atoms with Crippen molar-refractivity contribution in [1.29, 1.82) is 0 Å². The van der Waals surface area contributed by atoms with Crippen LogP contribution in [0.2, 0.25) is 0 Å². The fraction of sp³-hybridized carbons (Fsp3) is 0.393. The predicted octanol–water partition coefficient (Wildman–Crippen LogP) is 4.59. The molecule has 4 N–H and O–H groups in total. The van der Waals surface area contributed by atoms with Gasteiger partial charge in [0.25, 0.3) is 5.91 Å². The highest BCUT2D eigenvalue weighted by molar-refractivity contribution is 5.99. The van der Waals surface area contributed by atoms with Gasteiger partial charge in [0, 0.05) is 31.5 Å². The lowest BCUT2D eigenvalue weighted by molar-refractivity contribution is 0.0241. The van der Waals surface area contributed by atoms with E-state index in [1.165, 1.54) is 6.20 Å². The number of hydrogen-bond donors (Lipinski definition) is 4. The average molecular weight is 534 g/mol. The van der Waals surface area contributed by atoms with Gasteiger partial charge in [-0.25, -0.2) is 14.8 Å². The summed E-state index contributed by atoms with van der Waals surface area (Å²) in [4.78, 5) is 40.2. The van der Waals surface area contributed by atoms with Gasteiger partial charge in [-0.05, 0) is 76.9 Å². The largest absolute Gasteiger partial charge is 0.444 e. The van der Waals surface area contributed by atoms with E-state index in [0.717, 1.165) is 16.8 Å². The molecule has 2 amide bonds. The summed E-state index contributed by atoms with van der Waals surface area (Å²) < 4.78 is 5.51. The molecule has 1 aliphatic rings. The maximum absolute atomic E-state index is 12.7. The third-order valence-corrected chi connectivity index (χ3v) is 5.83. The molecule has 0 fully saturated rings. The number of pyridine rings is 1. The Balaban J connectivity index is 1.56. The number of rotatable bonds is 7. The molecule has 2 aromatic heterocycles. The van der Waals surface area contributed by atoms with Crippen molar-refractivity contribution in [1.82, 2.24) is 25.2 Å². The molecule has 11 nitrogen and oxygen atoms in total. The molecule has 11 heteroatoms. The SMILES string of the molecule is CCNC(=O)c1cnc(Nc2ccc3c(c2)CN(C(=O)OC(C)(C)C)C3)nc1Nc1cccc(C(C)(C)O)n1. The summed E-state index contributed by atoms with van der Waals surface area (Å²) in [7, 11) is 0. The van der Waals surface area contributed by atoms with Crippen LogP contribution in [0.3, 0.4) is 0 Å². The number of carbonyl (C=O) groups is 2. The Morgan fingerprint density at radius 3 is 2.46 bits per heavy atom. The Bertz CT molecular complexity index is 1380. The summed E-state index contributed by atoms with van der Waals surface area (Å²) in [6.45, 7) is 12.0. The average Bonchev–Trinajstić information content (AvgIpc) is 3.27. The maximum atomic E-state index is 12.7. The van der Waals surface area contributed by atoms with Crippen LogP contribution in [0.4, 0.5) is 28.1 Å². The molecule has 0 radical (unpaired) electrons. The van der Waals surface area contributed by atoms with Crippen LogP contribution in [-0.2, 0) is 23.4 Å². The lowest BCUT2D eigenvalue weighted by Crippen LogP contribution is -2.33. The summed E-state index contributed by atoms with van der Waals surface area (Å²) in [5.74, 6) is 0.622. The van der Waals surface area contributed by atoms with E-state index in [1.807, 2.05) is 45.9 Å². The smallest absolute Gasteiger partial charge is 0.410 e. The Morgan fingerprint density at radius 2 is 1.77 bits per heavy atom. The predicted molar refractivity (Wildman–Crippen MR) is 148 cm³/mol. The summed E-state index contributed by atoms with van der Waals surface area (Å²) in [6.07, 6.45) is 1.09. The molecule has 3 heterocycles. The number of nitrogens with one attached hydrogen (secondary N) is 3. The van der Waals surface area contributed by atoms with Gasteiger partial charge >= 0.3 is 6.09 Å². The van der Waals surface area contributed by atoms with E-state index in [9.17, 15) is 14.7 Å². The van der Waals surface area contributed by atoms with Crippen molar-refractivity contribution >= 4 is 35.3 Å². The van der Waals surface area contributed by atoms with Crippen molar-refractivity contribution in [2.45, 2.75) is 65.8 Å². The normalized spacial score (nSPS) is 13.1. The van der Waals surface area contributed by atoms with Crippen molar-refractivity contribution in [3.63, 3.8) is 0 Å². The maximum Gasteiger partial charge on any atom is 0.410 e. The van der Waals surface area contributed by atoms with Gasteiger partial charge in [0.2, 0.25) is 5.95 Å². The second kappa shape index (κ2) is 10.9. The number of amides is 2. The molecule has 0 spiro atoms. The van der Waals surface area contributed by atoms with E-state index in [4.69, 9.17) is 4.74 Å². The second-order valence-electron chi connectivity index (χ2n) is 10.9. The minimum Gasteiger partial charge on any atom is -0.444 e. The molecule has 0 bridgehead atoms. The first-order chi connectivity index (χ1) is 18.3. The van der Waals surface area contributed by atoms with Crippen LogP contribution in [-0.4, -0.2) is 49.1 Å². The van der Waals surface area contributed by atoms with Gasteiger partial charge in [-0.1, -0.05) is 12.1 Å². The van der Waals surface area contributed by atoms with Gasteiger partial charge < -0.3 is 25.8 Å². The van der Waals surface area contributed by atoms with Crippen molar-refractivity contribution in [2.75, 3.05) is 17.2 Å². The highest BCUT2D eigenvalue weighted by Gasteiger charge is 2.28. The van der Waals surface area contributed by atoms with E-state index in [-0.39, 0.29) is 29.3 Å². The number of aliphatic hydroxyl groups is 1. The lowest BCUT2D eigenvalue weighted by atomic mass is 10.1. The first kappa shape index (κ1) is 27.8. The van der Waals surface area contributed by atoms with Crippen LogP contribution in [0.25, 0.3) is 0 Å². The third kappa shape index (κ3) is 6.99. The van der Waals surface area contributed by atoms with E-state index in [0.29, 0.717) is 31.1 Å². The summed E-state index contributed by atoms with van der Waals surface area (Å²) in [6, 6.07) is 11.0. The highest BCUT2D eigenvalue weighted by Crippen LogP contribution is 2.29. The number of benzene rings is 1. The second-order valence-corrected chi connectivity index (χ2v) is 10.9. The Morgan fingerprint density at radius 1 is 1.03 bits per heavy atom. The summed E-state index contributed by atoms with van der Waals surface area (Å²) in [5.41, 5.74) is 1.80. The van der Waals surface area contributed by atoms with Crippen molar-refractivity contribution in [2.24, 2.45) is 0 Å². The number of carbonyl (C=O) groups excluding carboxylic acids is 2. The minimum absolute atomic E-state index is 0.250. The van der Waals surface area contributed by atoms with Gasteiger partial charge in [-0.2, -0.15) is 4.98 Å². The number of hydrogen-bond acceptors (Lipinski definition) is 9. The molecule has 3 aromatic rings. The molecule has 39 heavy (non-hydrogen) atoms. The number of fused-ring (bicyclic) bond motifs is 1. The molecule has 0 saturated heterocycles. The fourth-order valence-corrected chi connectivity index (χ4v) is 3.98. The zero-order valence-electron chi connectivity index (χ0n) is 23.1. The van der Waals surface area contributed by atoms with Gasteiger partial charge in [-0.3, -0.25) is 9.69 Å². The van der Waals surface area contributed by atoms with E-state index in [1.54, 1.807) is 36.9 Å². The Hall–Kier alpha value is -4.25. The van der Waals surface area contributed by atoms with Crippen LogP contribution in [0.5, 0.6) is 0 Å². The number of aromatic nitrogens is 3. The van der Waals surface area contributed by atoms with E-state index >= 15 is 0 Å². The summed E-state index contributed by atoms with van der Waals surface area (Å²) >= 11 is 0. The van der Waals surface area contributed by atoms with E-state index < -0.39 is 11.2 Å². The molecule has 0 unspecified atom stereocenters.